The third-order valence-corrected chi connectivity index (χ3v) is 3.19. The first kappa shape index (κ1) is 11.3. The molecule has 0 aliphatic carbocycles. The Kier molecular flexibility index (Phi) is 3.67. The Balaban J connectivity index is 2.05. The molecule has 0 spiro atoms. The van der Waals surface area contributed by atoms with Gasteiger partial charge in [0.1, 0.15) is 5.82 Å². The Bertz CT molecular complexity index is 483. The van der Waals surface area contributed by atoms with Gasteiger partial charge in [0.15, 0.2) is 0 Å². The molecule has 0 unspecified atom stereocenters. The van der Waals surface area contributed by atoms with Crippen LogP contribution in [0.4, 0.5) is 0 Å². The second-order valence-corrected chi connectivity index (χ2v) is 4.56. The van der Waals surface area contributed by atoms with E-state index < -0.39 is 0 Å². The van der Waals surface area contributed by atoms with Crippen molar-refractivity contribution in [2.45, 2.75) is 19.8 Å². The first-order valence-corrected chi connectivity index (χ1v) is 6.07. The van der Waals surface area contributed by atoms with Crippen LogP contribution in [0.1, 0.15) is 17.1 Å². The maximum atomic E-state index is 4.39. The van der Waals surface area contributed by atoms with E-state index in [-0.39, 0.29) is 0 Å². The minimum Gasteiger partial charge on any atom is -0.241 e. The molecule has 0 N–H and O–H groups in total. The van der Waals surface area contributed by atoms with E-state index in [1.807, 2.05) is 25.3 Å². The first-order valence-electron chi connectivity index (χ1n) is 5.27. The van der Waals surface area contributed by atoms with Gasteiger partial charge in [-0.05, 0) is 31.0 Å². The smallest absolute Gasteiger partial charge is 0.128 e. The molecule has 1 aromatic carbocycles. The van der Waals surface area contributed by atoms with E-state index in [4.69, 9.17) is 0 Å². The summed E-state index contributed by atoms with van der Waals surface area (Å²) >= 11 is 3.54. The monoisotopic (exact) mass is 276 g/mol. The van der Waals surface area contributed by atoms with Crippen molar-refractivity contribution in [3.63, 3.8) is 0 Å². The first-order chi connectivity index (χ1) is 7.75. The number of aromatic nitrogens is 2. The van der Waals surface area contributed by atoms with Crippen molar-refractivity contribution in [1.82, 2.24) is 9.97 Å². The third-order valence-electron chi connectivity index (χ3n) is 2.42. The quantitative estimate of drug-likeness (QED) is 0.860. The molecule has 2 aromatic rings. The van der Waals surface area contributed by atoms with E-state index in [9.17, 15) is 0 Å². The van der Waals surface area contributed by atoms with Crippen molar-refractivity contribution in [3.05, 3.63) is 58.1 Å². The van der Waals surface area contributed by atoms with E-state index >= 15 is 0 Å². The zero-order chi connectivity index (χ0) is 11.4. The summed E-state index contributed by atoms with van der Waals surface area (Å²) in [6.45, 7) is 1.99. The lowest BCUT2D eigenvalue weighted by Crippen LogP contribution is -1.99. The highest BCUT2D eigenvalue weighted by atomic mass is 79.9. The highest BCUT2D eigenvalue weighted by Crippen LogP contribution is 2.17. The van der Waals surface area contributed by atoms with Crippen LogP contribution >= 0.6 is 15.9 Å². The molecule has 82 valence electrons. The van der Waals surface area contributed by atoms with Gasteiger partial charge in [0.25, 0.3) is 0 Å². The van der Waals surface area contributed by atoms with Crippen LogP contribution in [0.5, 0.6) is 0 Å². The van der Waals surface area contributed by atoms with Gasteiger partial charge in [-0.2, -0.15) is 0 Å². The molecule has 1 heterocycles. The summed E-state index contributed by atoms with van der Waals surface area (Å²) in [6, 6.07) is 10.2. The average Bonchev–Trinajstić information content (AvgIpc) is 2.28. The second-order valence-electron chi connectivity index (χ2n) is 3.71. The number of rotatable bonds is 3. The minimum absolute atomic E-state index is 0.879. The van der Waals surface area contributed by atoms with Crippen LogP contribution in [0.3, 0.4) is 0 Å². The summed E-state index contributed by atoms with van der Waals surface area (Å²) in [6.07, 6.45) is 3.66. The lowest BCUT2D eigenvalue weighted by molar-refractivity contribution is 0.844. The summed E-state index contributed by atoms with van der Waals surface area (Å²) in [5.74, 6) is 0.913. The number of benzene rings is 1. The molecule has 0 amide bonds. The average molecular weight is 277 g/mol. The summed E-state index contributed by atoms with van der Waals surface area (Å²) in [7, 11) is 0. The van der Waals surface area contributed by atoms with Crippen LogP contribution in [0, 0.1) is 6.92 Å². The Morgan fingerprint density at radius 2 is 1.94 bits per heavy atom. The number of hydrogen-bond donors (Lipinski definition) is 0. The maximum absolute atomic E-state index is 4.39. The van der Waals surface area contributed by atoms with Crippen LogP contribution in [0.15, 0.2) is 41.0 Å². The largest absolute Gasteiger partial charge is 0.241 e. The van der Waals surface area contributed by atoms with Gasteiger partial charge >= 0.3 is 0 Å². The van der Waals surface area contributed by atoms with E-state index in [1.165, 1.54) is 5.56 Å². The predicted molar refractivity (Wildman–Crippen MR) is 68.3 cm³/mol. The molecule has 0 saturated heterocycles. The van der Waals surface area contributed by atoms with Crippen LogP contribution in [0.25, 0.3) is 0 Å². The number of aryl methyl sites for hydroxylation is 3. The standard InChI is InChI=1S/C13H13BrN2/c1-10-8-9-15-13(16-10)7-6-11-4-2-3-5-12(11)14/h2-5,8-9H,6-7H2,1H3. The van der Waals surface area contributed by atoms with E-state index in [0.717, 1.165) is 28.8 Å². The van der Waals surface area contributed by atoms with Gasteiger partial charge in [0, 0.05) is 22.8 Å². The van der Waals surface area contributed by atoms with Crippen LogP contribution in [-0.4, -0.2) is 9.97 Å². The van der Waals surface area contributed by atoms with Gasteiger partial charge in [-0.3, -0.25) is 0 Å². The van der Waals surface area contributed by atoms with Gasteiger partial charge in [0.05, 0.1) is 0 Å². The molecule has 3 heteroatoms. The fourth-order valence-electron chi connectivity index (χ4n) is 1.57. The van der Waals surface area contributed by atoms with Gasteiger partial charge < -0.3 is 0 Å². The molecular weight excluding hydrogens is 264 g/mol. The van der Waals surface area contributed by atoms with Gasteiger partial charge in [-0.15, -0.1) is 0 Å². The van der Waals surface area contributed by atoms with Crippen molar-refractivity contribution in [3.8, 4) is 0 Å². The highest BCUT2D eigenvalue weighted by molar-refractivity contribution is 9.10. The molecule has 0 radical (unpaired) electrons. The highest BCUT2D eigenvalue weighted by Gasteiger charge is 2.01. The SMILES string of the molecule is Cc1ccnc(CCc2ccccc2Br)n1. The molecule has 0 fully saturated rings. The predicted octanol–water partition coefficient (Wildman–Crippen LogP) is 3.33. The molecule has 0 saturated carbocycles. The number of halogens is 1. The number of nitrogens with zero attached hydrogens (tertiary/aromatic N) is 2. The van der Waals surface area contributed by atoms with Gasteiger partial charge in [-0.25, -0.2) is 9.97 Å². The van der Waals surface area contributed by atoms with Gasteiger partial charge in [-0.1, -0.05) is 34.1 Å². The number of hydrogen-bond acceptors (Lipinski definition) is 2. The lowest BCUT2D eigenvalue weighted by Gasteiger charge is -2.03. The van der Waals surface area contributed by atoms with Crippen LogP contribution in [-0.2, 0) is 12.8 Å². The fraction of sp³-hybridized carbons (Fsp3) is 0.231. The molecule has 0 aliphatic heterocycles. The fourth-order valence-corrected chi connectivity index (χ4v) is 2.05. The normalized spacial score (nSPS) is 10.4. The molecule has 0 bridgehead atoms. The zero-order valence-electron chi connectivity index (χ0n) is 9.15. The Morgan fingerprint density at radius 1 is 1.12 bits per heavy atom. The minimum atomic E-state index is 0.879. The van der Waals surface area contributed by atoms with Crippen molar-refractivity contribution < 1.29 is 0 Å². The van der Waals surface area contributed by atoms with Gasteiger partial charge in [0.2, 0.25) is 0 Å². The summed E-state index contributed by atoms with van der Waals surface area (Å²) in [5, 5.41) is 0. The Hall–Kier alpha value is -1.22. The Labute approximate surface area is 104 Å². The van der Waals surface area contributed by atoms with E-state index in [2.05, 4.69) is 44.1 Å². The van der Waals surface area contributed by atoms with Crippen molar-refractivity contribution in [2.75, 3.05) is 0 Å². The Morgan fingerprint density at radius 3 is 2.69 bits per heavy atom. The summed E-state index contributed by atoms with van der Waals surface area (Å²) < 4.78 is 1.16. The second kappa shape index (κ2) is 5.21. The molecule has 2 rings (SSSR count). The molecule has 1 aromatic heterocycles. The third kappa shape index (κ3) is 2.89. The summed E-state index contributed by atoms with van der Waals surface area (Å²) in [5.41, 5.74) is 2.32. The zero-order valence-corrected chi connectivity index (χ0v) is 10.7. The van der Waals surface area contributed by atoms with Crippen molar-refractivity contribution in [1.29, 1.82) is 0 Å². The van der Waals surface area contributed by atoms with E-state index in [1.54, 1.807) is 0 Å². The van der Waals surface area contributed by atoms with Crippen LogP contribution in [0.2, 0.25) is 0 Å². The molecule has 0 atom stereocenters. The maximum Gasteiger partial charge on any atom is 0.128 e. The molecule has 2 nitrogen and oxygen atoms in total. The van der Waals surface area contributed by atoms with Crippen molar-refractivity contribution in [2.24, 2.45) is 0 Å². The molecule has 16 heavy (non-hydrogen) atoms. The topological polar surface area (TPSA) is 25.8 Å². The molecular formula is C13H13BrN2. The summed E-state index contributed by atoms with van der Waals surface area (Å²) in [4.78, 5) is 8.65. The van der Waals surface area contributed by atoms with Crippen molar-refractivity contribution >= 4 is 15.9 Å². The molecule has 0 aliphatic rings. The lowest BCUT2D eigenvalue weighted by atomic mass is 10.1. The van der Waals surface area contributed by atoms with E-state index in [0.29, 0.717) is 0 Å². The van der Waals surface area contributed by atoms with Crippen LogP contribution < -0.4 is 0 Å².